The summed E-state index contributed by atoms with van der Waals surface area (Å²) in [4.78, 5) is 2.64. The van der Waals surface area contributed by atoms with Gasteiger partial charge in [0.2, 0.25) is 0 Å². The van der Waals surface area contributed by atoms with Gasteiger partial charge in [-0.05, 0) is 131 Å². The molecule has 2 aromatic heterocycles. The molecule has 3 nitrogen and oxygen atoms in total. The Morgan fingerprint density at radius 2 is 1.29 bits per heavy atom. The van der Waals surface area contributed by atoms with Gasteiger partial charge < -0.3 is 13.8 Å². The topological polar surface area (TPSA) is 21.3 Å². The van der Waals surface area contributed by atoms with Gasteiger partial charge >= 0.3 is 6.85 Å². The van der Waals surface area contributed by atoms with Crippen molar-refractivity contribution < 1.29 is 4.42 Å². The lowest BCUT2D eigenvalue weighted by Gasteiger charge is -2.42. The minimum atomic E-state index is -0.0441. The normalized spacial score (nSPS) is 16.1. The summed E-state index contributed by atoms with van der Waals surface area (Å²) >= 11 is 0. The molecule has 0 N–H and O–H groups in total. The van der Waals surface area contributed by atoms with Crippen LogP contribution >= 0.6 is 0 Å². The van der Waals surface area contributed by atoms with E-state index in [1.165, 1.54) is 107 Å². The predicted molar refractivity (Wildman–Crippen MR) is 237 cm³/mol. The minimum absolute atomic E-state index is 0.0441. The Balaban J connectivity index is 1.32. The molecule has 270 valence electrons. The molecule has 0 atom stereocenters. The van der Waals surface area contributed by atoms with Crippen LogP contribution in [0.25, 0.3) is 71.7 Å². The van der Waals surface area contributed by atoms with Crippen molar-refractivity contribution >= 4 is 72.9 Å². The highest BCUT2D eigenvalue weighted by molar-refractivity contribution is 6.93. The first-order chi connectivity index (χ1) is 27.1. The lowest BCUT2D eigenvalue weighted by molar-refractivity contribution is 0.332. The van der Waals surface area contributed by atoms with Crippen molar-refractivity contribution in [3.8, 4) is 27.9 Å². The van der Waals surface area contributed by atoms with Crippen LogP contribution in [0.1, 0.15) is 62.8 Å². The molecule has 9 aromatic rings. The summed E-state index contributed by atoms with van der Waals surface area (Å²) in [5.41, 5.74) is 21.5. The van der Waals surface area contributed by atoms with Gasteiger partial charge in [-0.15, -0.1) is 0 Å². The Labute approximate surface area is 328 Å². The number of nitrogens with zero attached hydrogens (tertiary/aromatic N) is 2. The van der Waals surface area contributed by atoms with E-state index in [-0.39, 0.29) is 17.7 Å². The van der Waals surface area contributed by atoms with E-state index in [0.29, 0.717) is 0 Å². The van der Waals surface area contributed by atoms with Gasteiger partial charge in [0.05, 0.1) is 11.0 Å². The lowest BCUT2D eigenvalue weighted by Crippen LogP contribution is -2.60. The average molecular weight is 723 g/mol. The number of para-hydroxylation sites is 1. The highest BCUT2D eigenvalue weighted by Crippen LogP contribution is 2.53. The average Bonchev–Trinajstić information content (AvgIpc) is 3.74. The standard InChI is InChI=1S/C52H43BN2O/c1-30-16-19-33(20-17-30)55-45-27-37-34-14-10-11-15-46(34)56-47(37)28-36(45)38-25-35(32-12-8-7-9-13-32)48-39-26-40-41(52(5,6)23-22-51(40,3)4)29-44(39)54-43-21-18-31(2)24-42(43)53(55)49(38)50(48)54/h7-21,24-29H,22-23H2,1-6H3. The number of anilines is 2. The van der Waals surface area contributed by atoms with Crippen LogP contribution in [-0.4, -0.2) is 11.4 Å². The number of hydrogen-bond donors (Lipinski definition) is 0. The summed E-state index contributed by atoms with van der Waals surface area (Å²) in [5, 5.41) is 4.99. The maximum atomic E-state index is 6.65. The summed E-state index contributed by atoms with van der Waals surface area (Å²) in [6.07, 6.45) is 2.36. The number of fused-ring (bicyclic) bond motifs is 12. The zero-order valence-electron chi connectivity index (χ0n) is 32.9. The molecule has 0 spiro atoms. The van der Waals surface area contributed by atoms with Crippen LogP contribution in [0, 0.1) is 13.8 Å². The SMILES string of the molecule is Cc1ccc(N2B3c4cc(C)ccc4-n4c5cc6c(cc5c5c(-c7ccccc7)cc(c3c54)-c3cc4oc5ccccc5c4cc32)C(C)(C)CCC6(C)C)cc1. The Hall–Kier alpha value is -6.00. The molecular weight excluding hydrogens is 679 g/mol. The Kier molecular flexibility index (Phi) is 6.25. The largest absolute Gasteiger partial charge is 0.456 e. The van der Waals surface area contributed by atoms with Gasteiger partial charge in [0.1, 0.15) is 11.2 Å². The molecule has 0 bridgehead atoms. The van der Waals surface area contributed by atoms with Crippen LogP contribution in [0.2, 0.25) is 0 Å². The molecule has 0 unspecified atom stereocenters. The number of aromatic nitrogens is 1. The summed E-state index contributed by atoms with van der Waals surface area (Å²) in [5.74, 6) is 0. The van der Waals surface area contributed by atoms with Gasteiger partial charge in [0.15, 0.2) is 0 Å². The van der Waals surface area contributed by atoms with Crippen molar-refractivity contribution in [2.75, 3.05) is 4.81 Å². The summed E-state index contributed by atoms with van der Waals surface area (Å²) in [6, 6.07) is 48.3. The monoisotopic (exact) mass is 722 g/mol. The molecule has 56 heavy (non-hydrogen) atoms. The number of rotatable bonds is 2. The van der Waals surface area contributed by atoms with Crippen molar-refractivity contribution in [1.82, 2.24) is 4.57 Å². The quantitative estimate of drug-likeness (QED) is 0.166. The maximum Gasteiger partial charge on any atom is 0.333 e. The molecule has 1 aliphatic carbocycles. The van der Waals surface area contributed by atoms with E-state index in [1.54, 1.807) is 0 Å². The summed E-state index contributed by atoms with van der Waals surface area (Å²) < 4.78 is 9.30. The van der Waals surface area contributed by atoms with Crippen molar-refractivity contribution in [3.63, 3.8) is 0 Å². The number of furan rings is 1. The smallest absolute Gasteiger partial charge is 0.333 e. The fourth-order valence-electron chi connectivity index (χ4n) is 10.7. The first kappa shape index (κ1) is 32.3. The van der Waals surface area contributed by atoms with Crippen molar-refractivity contribution in [2.45, 2.75) is 65.2 Å². The molecule has 0 fully saturated rings. The van der Waals surface area contributed by atoms with Crippen molar-refractivity contribution in [1.29, 1.82) is 0 Å². The van der Waals surface area contributed by atoms with Gasteiger partial charge in [-0.2, -0.15) is 0 Å². The molecule has 0 saturated heterocycles. The molecule has 4 heteroatoms. The van der Waals surface area contributed by atoms with Crippen LogP contribution in [0.3, 0.4) is 0 Å². The predicted octanol–water partition coefficient (Wildman–Crippen LogP) is 12.6. The van der Waals surface area contributed by atoms with Crippen molar-refractivity contribution in [3.05, 3.63) is 150 Å². The van der Waals surface area contributed by atoms with E-state index in [9.17, 15) is 0 Å². The van der Waals surface area contributed by atoms with Gasteiger partial charge in [-0.3, -0.25) is 0 Å². The molecule has 4 heterocycles. The molecule has 0 saturated carbocycles. The molecule has 0 amide bonds. The van der Waals surface area contributed by atoms with E-state index < -0.39 is 0 Å². The van der Waals surface area contributed by atoms with E-state index >= 15 is 0 Å². The first-order valence-corrected chi connectivity index (χ1v) is 20.3. The molecule has 2 aliphatic heterocycles. The van der Waals surface area contributed by atoms with Gasteiger partial charge in [-0.1, -0.05) is 112 Å². The minimum Gasteiger partial charge on any atom is -0.456 e. The third-order valence-electron chi connectivity index (χ3n) is 13.7. The zero-order chi connectivity index (χ0) is 37.8. The van der Waals surface area contributed by atoms with Crippen molar-refractivity contribution in [2.24, 2.45) is 0 Å². The number of benzene rings is 7. The Morgan fingerprint density at radius 1 is 0.571 bits per heavy atom. The highest BCUT2D eigenvalue weighted by Gasteiger charge is 2.46. The molecule has 3 aliphatic rings. The van der Waals surface area contributed by atoms with Gasteiger partial charge in [0, 0.05) is 44.2 Å². The first-order valence-electron chi connectivity index (χ1n) is 20.3. The van der Waals surface area contributed by atoms with E-state index in [4.69, 9.17) is 4.42 Å². The fraction of sp³-hybridized carbons (Fsp3) is 0.192. The molecule has 0 radical (unpaired) electrons. The van der Waals surface area contributed by atoms with Crippen LogP contribution in [0.4, 0.5) is 11.4 Å². The maximum absolute atomic E-state index is 6.65. The second-order valence-electron chi connectivity index (χ2n) is 18.1. The number of hydrogen-bond acceptors (Lipinski definition) is 2. The molecule has 7 aromatic carbocycles. The zero-order valence-corrected chi connectivity index (χ0v) is 32.9. The summed E-state index contributed by atoms with van der Waals surface area (Å²) in [7, 11) is 0. The van der Waals surface area contributed by atoms with Crippen LogP contribution in [0.5, 0.6) is 0 Å². The molecule has 12 rings (SSSR count). The highest BCUT2D eigenvalue weighted by atomic mass is 16.3. The second-order valence-corrected chi connectivity index (χ2v) is 18.1. The third-order valence-corrected chi connectivity index (χ3v) is 13.7. The van der Waals surface area contributed by atoms with E-state index in [0.717, 1.165) is 21.9 Å². The van der Waals surface area contributed by atoms with Gasteiger partial charge in [-0.25, -0.2) is 0 Å². The second kappa shape index (κ2) is 10.9. The Morgan fingerprint density at radius 3 is 2.07 bits per heavy atom. The lowest BCUT2D eigenvalue weighted by atomic mass is 9.43. The molecular formula is C52H43BN2O. The summed E-state index contributed by atoms with van der Waals surface area (Å²) in [6.45, 7) is 14.2. The fourth-order valence-corrected chi connectivity index (χ4v) is 10.7. The van der Waals surface area contributed by atoms with E-state index in [2.05, 4.69) is 178 Å². The van der Waals surface area contributed by atoms with E-state index in [1.807, 2.05) is 0 Å². The number of aryl methyl sites for hydroxylation is 2. The van der Waals surface area contributed by atoms with Crippen LogP contribution < -0.4 is 15.7 Å². The third kappa shape index (κ3) is 4.20. The van der Waals surface area contributed by atoms with Gasteiger partial charge in [0.25, 0.3) is 0 Å². The van der Waals surface area contributed by atoms with Crippen LogP contribution in [0.15, 0.2) is 132 Å². The van der Waals surface area contributed by atoms with Crippen LogP contribution in [-0.2, 0) is 10.8 Å². The Bertz CT molecular complexity index is 3160.